The Bertz CT molecular complexity index is 13.5. The van der Waals surface area contributed by atoms with E-state index in [0.29, 0.717) is 0 Å². The van der Waals surface area contributed by atoms with Gasteiger partial charge in [-0.1, -0.05) is 0 Å². The van der Waals surface area contributed by atoms with Crippen molar-refractivity contribution in [2.75, 3.05) is 0 Å². The van der Waals surface area contributed by atoms with Crippen molar-refractivity contribution in [1.29, 1.82) is 0 Å². The van der Waals surface area contributed by atoms with Gasteiger partial charge in [0.1, 0.15) is 0 Å². The van der Waals surface area contributed by atoms with Gasteiger partial charge in [0.25, 0.3) is 0 Å². The van der Waals surface area contributed by atoms with Gasteiger partial charge in [-0.25, -0.2) is 0 Å². The van der Waals surface area contributed by atoms with Gasteiger partial charge in [0, 0.05) is 17.1 Å². The van der Waals surface area contributed by atoms with E-state index in [1.54, 1.807) is 0 Å². The second kappa shape index (κ2) is 17.3. The van der Waals surface area contributed by atoms with Gasteiger partial charge >= 0.3 is 49.3 Å². The first-order valence-electron chi connectivity index (χ1n) is 0. The fourth-order valence-corrected chi connectivity index (χ4v) is 0. The molecular formula is H8AlBiMgMn. The molecule has 0 N–H and O–H groups in total. The van der Waals surface area contributed by atoms with E-state index in [4.69, 9.17) is 0 Å². The van der Waals surface area contributed by atoms with Crippen molar-refractivity contribution >= 4 is 66.6 Å². The Labute approximate surface area is 85.3 Å². The molecule has 0 heterocycles. The van der Waals surface area contributed by atoms with Crippen molar-refractivity contribution in [3.05, 3.63) is 0 Å². The third-order valence-corrected chi connectivity index (χ3v) is 0. The third-order valence-electron chi connectivity index (χ3n) is 0. The minimum atomic E-state index is 0. The van der Waals surface area contributed by atoms with E-state index in [2.05, 4.69) is 0 Å². The molecular weight excluding hydrogens is 315 g/mol. The van der Waals surface area contributed by atoms with Gasteiger partial charge in [-0.3, -0.25) is 0 Å². The van der Waals surface area contributed by atoms with Crippen LogP contribution < -0.4 is 0 Å². The molecule has 4 heteroatoms. The predicted molar refractivity (Wildman–Crippen MR) is 27.9 cm³/mol. The first kappa shape index (κ1) is 29.9. The molecule has 1 radical (unpaired) electrons. The average molecular weight is 323 g/mol. The van der Waals surface area contributed by atoms with Crippen LogP contribution in [0.1, 0.15) is 2.85 Å². The van der Waals surface area contributed by atoms with Crippen LogP contribution in [0.25, 0.3) is 0 Å². The minimum Gasteiger partial charge on any atom is -1.00 e. The van der Waals surface area contributed by atoms with Gasteiger partial charge in [0.15, 0.2) is 17.4 Å². The topological polar surface area (TPSA) is 0 Å². The zero-order valence-electron chi connectivity index (χ0n) is 3.79. The maximum atomic E-state index is 0. The first-order valence-corrected chi connectivity index (χ1v) is 0. The second-order valence-electron chi connectivity index (χ2n) is 0. The molecule has 25 valence electrons. The molecule has 0 aliphatic rings. The third kappa shape index (κ3) is 8.83. The van der Waals surface area contributed by atoms with E-state index in [-0.39, 0.29) is 86.5 Å². The van der Waals surface area contributed by atoms with Crippen LogP contribution in [0, 0.1) is 0 Å². The first-order chi connectivity index (χ1) is 0. The van der Waals surface area contributed by atoms with E-state index < -0.39 is 0 Å². The molecule has 0 atom stereocenters. The van der Waals surface area contributed by atoms with E-state index in [1.165, 1.54) is 0 Å². The maximum absolute atomic E-state index is 0. The predicted octanol–water partition coefficient (Wildman–Crippen LogP) is -2.53. The molecule has 0 fully saturated rings. The summed E-state index contributed by atoms with van der Waals surface area (Å²) in [6, 6.07) is 0. The van der Waals surface area contributed by atoms with Gasteiger partial charge in [0.05, 0.1) is 0 Å². The maximum Gasteiger partial charge on any atom is 2.00 e. The number of hydrogen-bond acceptors (Lipinski definition) is 0. The molecule has 0 aliphatic carbocycles. The van der Waals surface area contributed by atoms with Crippen molar-refractivity contribution in [3.8, 4) is 0 Å². The Kier molecular flexibility index (Phi) is 129. The van der Waals surface area contributed by atoms with E-state index in [9.17, 15) is 0 Å². The monoisotopic (exact) mass is 323 g/mol. The fourth-order valence-electron chi connectivity index (χ4n) is 0. The summed E-state index contributed by atoms with van der Waals surface area (Å²) >= 11 is 0. The van der Waals surface area contributed by atoms with Crippen molar-refractivity contribution in [1.82, 2.24) is 0 Å². The quantitative estimate of drug-likeness (QED) is 0.432. The molecule has 0 spiro atoms. The van der Waals surface area contributed by atoms with Gasteiger partial charge < -0.3 is 2.85 Å². The van der Waals surface area contributed by atoms with Crippen LogP contribution >= 0.6 is 0 Å². The standard InChI is InChI=1S/Al.Bi.Mg.Mn.8H/q;;+2;;;;;;;;2*-1. The van der Waals surface area contributed by atoms with Gasteiger partial charge in [0.2, 0.25) is 0 Å². The van der Waals surface area contributed by atoms with Crippen molar-refractivity contribution < 1.29 is 19.9 Å². The zero-order chi connectivity index (χ0) is 0. The molecule has 0 aromatic carbocycles. The minimum absolute atomic E-state index is 0. The summed E-state index contributed by atoms with van der Waals surface area (Å²) < 4.78 is 0. The summed E-state index contributed by atoms with van der Waals surface area (Å²) in [6.45, 7) is 0. The smallest absolute Gasteiger partial charge is 1.00 e. The van der Waals surface area contributed by atoms with Crippen LogP contribution in [-0.2, 0) is 17.1 Å². The van der Waals surface area contributed by atoms with Gasteiger partial charge in [-0.15, -0.1) is 0 Å². The van der Waals surface area contributed by atoms with Crippen molar-refractivity contribution in [2.45, 2.75) is 0 Å². The van der Waals surface area contributed by atoms with Crippen LogP contribution in [-0.4, -0.2) is 66.6 Å². The molecule has 0 nitrogen and oxygen atoms in total. The summed E-state index contributed by atoms with van der Waals surface area (Å²) in [5.41, 5.74) is 0. The summed E-state index contributed by atoms with van der Waals surface area (Å²) in [6.07, 6.45) is 0. The number of rotatable bonds is 0. The Balaban J connectivity index is 0. The molecule has 4 heavy (non-hydrogen) atoms. The van der Waals surface area contributed by atoms with Crippen LogP contribution in [0.5, 0.6) is 0 Å². The van der Waals surface area contributed by atoms with Crippen LogP contribution in [0.4, 0.5) is 0 Å². The van der Waals surface area contributed by atoms with Crippen molar-refractivity contribution in [3.63, 3.8) is 0 Å². The average Bonchev–Trinajstić information content (AvgIpc) is 0. The molecule has 0 saturated heterocycles. The molecule has 0 amide bonds. The normalized spacial score (nSPS) is 0. The molecule has 0 bridgehead atoms. The molecule has 0 aromatic rings. The summed E-state index contributed by atoms with van der Waals surface area (Å²) in [4.78, 5) is 0. The molecule has 0 unspecified atom stereocenters. The summed E-state index contributed by atoms with van der Waals surface area (Å²) in [7, 11) is 0. The van der Waals surface area contributed by atoms with Crippen LogP contribution in [0.3, 0.4) is 0 Å². The van der Waals surface area contributed by atoms with Gasteiger partial charge in [-0.05, 0) is 0 Å². The largest absolute Gasteiger partial charge is 2.00 e. The second-order valence-corrected chi connectivity index (χ2v) is 0. The van der Waals surface area contributed by atoms with Gasteiger partial charge in [-0.2, -0.15) is 0 Å². The zero-order valence-corrected chi connectivity index (χ0v) is 9.88. The van der Waals surface area contributed by atoms with Crippen molar-refractivity contribution in [2.24, 2.45) is 0 Å². The fraction of sp³-hybridized carbons (Fsp3) is 0. The summed E-state index contributed by atoms with van der Waals surface area (Å²) in [5.74, 6) is 0. The Morgan fingerprint density at radius 2 is 1.25 bits per heavy atom. The Hall–Kier alpha value is 2.70. The number of hydrogen-bond donors (Lipinski definition) is 0. The molecule has 0 aliphatic heterocycles. The Morgan fingerprint density at radius 3 is 1.25 bits per heavy atom. The molecule has 0 aromatic heterocycles. The Morgan fingerprint density at radius 1 is 1.25 bits per heavy atom. The van der Waals surface area contributed by atoms with E-state index in [1.807, 2.05) is 0 Å². The van der Waals surface area contributed by atoms with E-state index in [0.717, 1.165) is 0 Å². The van der Waals surface area contributed by atoms with Crippen LogP contribution in [0.2, 0.25) is 0 Å². The SMILES string of the molecule is [AlH3].[BiH3].[H-].[H-].[Mg+2].[Mn]. The van der Waals surface area contributed by atoms with E-state index >= 15 is 0 Å². The molecule has 0 saturated carbocycles. The van der Waals surface area contributed by atoms with Crippen LogP contribution in [0.15, 0.2) is 0 Å². The molecule has 0 rings (SSSR count). The summed E-state index contributed by atoms with van der Waals surface area (Å²) in [5, 5.41) is 0.